The Morgan fingerprint density at radius 2 is 2.00 bits per heavy atom. The fourth-order valence-corrected chi connectivity index (χ4v) is 2.98. The van der Waals surface area contributed by atoms with Gasteiger partial charge in [0.15, 0.2) is 0 Å². The summed E-state index contributed by atoms with van der Waals surface area (Å²) in [5.41, 5.74) is 0.375. The smallest absolute Gasteiger partial charge is 0.240 e. The van der Waals surface area contributed by atoms with Crippen molar-refractivity contribution in [3.8, 4) is 0 Å². The molecule has 1 N–H and O–H groups in total. The van der Waals surface area contributed by atoms with Crippen molar-refractivity contribution in [1.82, 2.24) is 5.32 Å². The van der Waals surface area contributed by atoms with Crippen LogP contribution in [0.2, 0.25) is 0 Å². The molecule has 90 valence electrons. The molecule has 0 radical (unpaired) electrons. The molecule has 17 heavy (non-hydrogen) atoms. The number of rotatable bonds is 2. The SMILES string of the molecule is CC[C@@]1(c2ccccc2)C[C@H](Br)C(=O)NC1=O. The van der Waals surface area contributed by atoms with Gasteiger partial charge in [-0.05, 0) is 18.4 Å². The molecule has 0 spiro atoms. The summed E-state index contributed by atoms with van der Waals surface area (Å²) in [5, 5.41) is 2.44. The second-order valence-corrected chi connectivity index (χ2v) is 5.40. The summed E-state index contributed by atoms with van der Waals surface area (Å²) in [5.74, 6) is -0.429. The molecule has 2 atom stereocenters. The fourth-order valence-electron chi connectivity index (χ4n) is 2.32. The monoisotopic (exact) mass is 295 g/mol. The maximum atomic E-state index is 12.2. The molecule has 1 aliphatic heterocycles. The first-order valence-corrected chi connectivity index (χ1v) is 6.56. The number of piperidine rings is 1. The van der Waals surface area contributed by atoms with Crippen LogP contribution in [0.3, 0.4) is 0 Å². The first kappa shape index (κ1) is 12.3. The molecule has 0 unspecified atom stereocenters. The molecule has 1 aliphatic rings. The van der Waals surface area contributed by atoms with Crippen molar-refractivity contribution in [1.29, 1.82) is 0 Å². The van der Waals surface area contributed by atoms with Gasteiger partial charge >= 0.3 is 0 Å². The van der Waals surface area contributed by atoms with Crippen molar-refractivity contribution in [2.24, 2.45) is 0 Å². The van der Waals surface area contributed by atoms with Crippen LogP contribution >= 0.6 is 15.9 Å². The number of hydrogen-bond donors (Lipinski definition) is 1. The summed E-state index contributed by atoms with van der Waals surface area (Å²) in [4.78, 5) is 23.3. The predicted octanol–water partition coefficient (Wildman–Crippen LogP) is 2.14. The highest BCUT2D eigenvalue weighted by Crippen LogP contribution is 2.37. The molecule has 0 aromatic heterocycles. The van der Waals surface area contributed by atoms with Gasteiger partial charge in [0.1, 0.15) is 0 Å². The number of halogens is 1. The highest BCUT2D eigenvalue weighted by atomic mass is 79.9. The van der Waals surface area contributed by atoms with Crippen LogP contribution in [0.4, 0.5) is 0 Å². The molecule has 0 aliphatic carbocycles. The van der Waals surface area contributed by atoms with Crippen LogP contribution in [-0.2, 0) is 15.0 Å². The molecule has 3 nitrogen and oxygen atoms in total. The van der Waals surface area contributed by atoms with E-state index >= 15 is 0 Å². The fraction of sp³-hybridized carbons (Fsp3) is 0.385. The van der Waals surface area contributed by atoms with Gasteiger partial charge in [-0.25, -0.2) is 0 Å². The van der Waals surface area contributed by atoms with E-state index < -0.39 is 5.41 Å². The van der Waals surface area contributed by atoms with Crippen LogP contribution in [-0.4, -0.2) is 16.6 Å². The van der Waals surface area contributed by atoms with E-state index in [-0.39, 0.29) is 16.6 Å². The first-order chi connectivity index (χ1) is 8.10. The third kappa shape index (κ3) is 2.02. The lowest BCUT2D eigenvalue weighted by atomic mass is 9.72. The highest BCUT2D eigenvalue weighted by molar-refractivity contribution is 9.10. The highest BCUT2D eigenvalue weighted by Gasteiger charge is 2.46. The summed E-state index contributed by atoms with van der Waals surface area (Å²) in [6.45, 7) is 1.97. The van der Waals surface area contributed by atoms with E-state index in [0.717, 1.165) is 5.56 Å². The van der Waals surface area contributed by atoms with Crippen LogP contribution in [0.15, 0.2) is 30.3 Å². The molecule has 1 aromatic rings. The summed E-state index contributed by atoms with van der Waals surface area (Å²) in [7, 11) is 0. The van der Waals surface area contributed by atoms with Crippen molar-refractivity contribution in [3.63, 3.8) is 0 Å². The number of amides is 2. The normalized spacial score (nSPS) is 28.9. The zero-order chi connectivity index (χ0) is 12.5. The van der Waals surface area contributed by atoms with Gasteiger partial charge in [-0.2, -0.15) is 0 Å². The Balaban J connectivity index is 2.44. The summed E-state index contributed by atoms with van der Waals surface area (Å²) < 4.78 is 0. The van der Waals surface area contributed by atoms with E-state index in [9.17, 15) is 9.59 Å². The van der Waals surface area contributed by atoms with Crippen LogP contribution < -0.4 is 5.32 Å². The Labute approximate surface area is 109 Å². The lowest BCUT2D eigenvalue weighted by Gasteiger charge is -2.37. The third-order valence-corrected chi connectivity index (χ3v) is 4.15. The number of carbonyl (C=O) groups excluding carboxylic acids is 2. The van der Waals surface area contributed by atoms with Gasteiger partial charge in [-0.3, -0.25) is 14.9 Å². The zero-order valence-electron chi connectivity index (χ0n) is 9.57. The van der Waals surface area contributed by atoms with E-state index in [1.807, 2.05) is 37.3 Å². The lowest BCUT2D eigenvalue weighted by Crippen LogP contribution is -2.55. The molecule has 4 heteroatoms. The second-order valence-electron chi connectivity index (χ2n) is 4.29. The van der Waals surface area contributed by atoms with Crippen LogP contribution in [0.25, 0.3) is 0 Å². The van der Waals surface area contributed by atoms with Gasteiger partial charge in [0, 0.05) is 0 Å². The number of hydrogen-bond acceptors (Lipinski definition) is 2. The maximum Gasteiger partial charge on any atom is 0.240 e. The number of benzene rings is 1. The number of carbonyl (C=O) groups is 2. The standard InChI is InChI=1S/C13H14BrNO2/c1-2-13(9-6-4-3-5-7-9)8-10(14)11(16)15-12(13)17/h3-7,10H,2,8H2,1H3,(H,15,16,17)/t10-,13-/m0/s1. The van der Waals surface area contributed by atoms with Crippen molar-refractivity contribution in [3.05, 3.63) is 35.9 Å². The average Bonchev–Trinajstić information content (AvgIpc) is 2.35. The van der Waals surface area contributed by atoms with Crippen LogP contribution in [0, 0.1) is 0 Å². The summed E-state index contributed by atoms with van der Waals surface area (Å²) in [6.07, 6.45) is 1.19. The Bertz CT molecular complexity index is 446. The van der Waals surface area contributed by atoms with E-state index in [1.54, 1.807) is 0 Å². The van der Waals surface area contributed by atoms with Gasteiger partial charge in [0.05, 0.1) is 10.2 Å². The van der Waals surface area contributed by atoms with Crippen molar-refractivity contribution in [2.45, 2.75) is 30.0 Å². The minimum atomic E-state index is -0.594. The Morgan fingerprint density at radius 3 is 2.59 bits per heavy atom. The molecule has 1 heterocycles. The number of imide groups is 1. The van der Waals surface area contributed by atoms with Gasteiger partial charge in [0.2, 0.25) is 11.8 Å². The lowest BCUT2D eigenvalue weighted by molar-refractivity contribution is -0.137. The number of alkyl halides is 1. The Morgan fingerprint density at radius 1 is 1.35 bits per heavy atom. The molecule has 2 amide bonds. The largest absolute Gasteiger partial charge is 0.295 e. The first-order valence-electron chi connectivity index (χ1n) is 5.65. The number of nitrogens with one attached hydrogen (secondary N) is 1. The topological polar surface area (TPSA) is 46.2 Å². The van der Waals surface area contributed by atoms with Crippen LogP contribution in [0.1, 0.15) is 25.3 Å². The quantitative estimate of drug-likeness (QED) is 0.671. The Kier molecular flexibility index (Phi) is 3.33. The molecule has 0 saturated carbocycles. The van der Waals surface area contributed by atoms with Crippen LogP contribution in [0.5, 0.6) is 0 Å². The van der Waals surface area contributed by atoms with Crippen molar-refractivity contribution < 1.29 is 9.59 Å². The molecular formula is C13H14BrNO2. The molecule has 1 saturated heterocycles. The predicted molar refractivity (Wildman–Crippen MR) is 68.9 cm³/mol. The zero-order valence-corrected chi connectivity index (χ0v) is 11.2. The minimum Gasteiger partial charge on any atom is -0.295 e. The van der Waals surface area contributed by atoms with Gasteiger partial charge < -0.3 is 0 Å². The van der Waals surface area contributed by atoms with E-state index in [1.165, 1.54) is 0 Å². The van der Waals surface area contributed by atoms with Gasteiger partial charge in [0.25, 0.3) is 0 Å². The molecular weight excluding hydrogens is 282 g/mol. The van der Waals surface area contributed by atoms with Crippen molar-refractivity contribution in [2.75, 3.05) is 0 Å². The van der Waals surface area contributed by atoms with Gasteiger partial charge in [-0.15, -0.1) is 0 Å². The third-order valence-electron chi connectivity index (χ3n) is 3.41. The van der Waals surface area contributed by atoms with E-state index in [0.29, 0.717) is 12.8 Å². The van der Waals surface area contributed by atoms with E-state index in [4.69, 9.17) is 0 Å². The van der Waals surface area contributed by atoms with Crippen molar-refractivity contribution >= 4 is 27.7 Å². The summed E-state index contributed by atoms with van der Waals surface area (Å²) >= 11 is 3.33. The second kappa shape index (κ2) is 4.61. The summed E-state index contributed by atoms with van der Waals surface area (Å²) in [6, 6.07) is 9.64. The average molecular weight is 296 g/mol. The molecule has 2 rings (SSSR count). The minimum absolute atomic E-state index is 0.188. The van der Waals surface area contributed by atoms with Gasteiger partial charge in [-0.1, -0.05) is 53.2 Å². The Hall–Kier alpha value is -1.16. The molecule has 0 bridgehead atoms. The maximum absolute atomic E-state index is 12.2. The molecule has 1 fully saturated rings. The molecule has 1 aromatic carbocycles. The van der Waals surface area contributed by atoms with E-state index in [2.05, 4.69) is 21.2 Å².